The Morgan fingerprint density at radius 1 is 1.16 bits per heavy atom. The zero-order valence-electron chi connectivity index (χ0n) is 10.9. The second-order valence-electron chi connectivity index (χ2n) is 5.38. The van der Waals surface area contributed by atoms with Crippen molar-refractivity contribution in [3.63, 3.8) is 0 Å². The maximum atomic E-state index is 5.61. The summed E-state index contributed by atoms with van der Waals surface area (Å²) in [6.07, 6.45) is 4.16. The van der Waals surface area contributed by atoms with Gasteiger partial charge in [-0.2, -0.15) is 0 Å². The summed E-state index contributed by atoms with van der Waals surface area (Å²) in [5.41, 5.74) is 4.11. The first kappa shape index (κ1) is 11.1. The quantitative estimate of drug-likeness (QED) is 0.848. The number of hydrogen-bond donors (Lipinski definition) is 1. The average molecular weight is 254 g/mol. The van der Waals surface area contributed by atoms with Crippen LogP contribution in [0.15, 0.2) is 41.0 Å². The van der Waals surface area contributed by atoms with Crippen LogP contribution in [0.4, 0.5) is 5.69 Å². The van der Waals surface area contributed by atoms with E-state index in [9.17, 15) is 0 Å². The van der Waals surface area contributed by atoms with E-state index in [0.717, 1.165) is 25.4 Å². The Hall–Kier alpha value is -1.74. The highest BCUT2D eigenvalue weighted by atomic mass is 16.3. The van der Waals surface area contributed by atoms with Gasteiger partial charge in [-0.3, -0.25) is 0 Å². The Morgan fingerprint density at radius 2 is 2.16 bits per heavy atom. The minimum absolute atomic E-state index is 0.654. The van der Waals surface area contributed by atoms with Gasteiger partial charge >= 0.3 is 0 Å². The third kappa shape index (κ3) is 1.77. The molecule has 3 heterocycles. The Kier molecular flexibility index (Phi) is 2.59. The van der Waals surface area contributed by atoms with Crippen molar-refractivity contribution in [2.75, 3.05) is 24.5 Å². The van der Waals surface area contributed by atoms with Crippen LogP contribution in [-0.2, 0) is 6.42 Å². The number of furan rings is 1. The summed E-state index contributed by atoms with van der Waals surface area (Å²) in [4.78, 5) is 2.58. The van der Waals surface area contributed by atoms with Gasteiger partial charge in [0.1, 0.15) is 5.76 Å². The molecule has 2 aliphatic heterocycles. The van der Waals surface area contributed by atoms with Crippen LogP contribution in [0.1, 0.15) is 12.0 Å². The molecule has 2 aliphatic rings. The molecule has 1 aromatic heterocycles. The average Bonchev–Trinajstić information content (AvgIpc) is 3.02. The lowest BCUT2D eigenvalue weighted by molar-refractivity contribution is 0.581. The van der Waals surface area contributed by atoms with E-state index in [2.05, 4.69) is 34.5 Å². The van der Waals surface area contributed by atoms with E-state index in [1.165, 1.54) is 29.7 Å². The molecule has 0 bridgehead atoms. The van der Waals surface area contributed by atoms with Gasteiger partial charge in [0.25, 0.3) is 0 Å². The van der Waals surface area contributed by atoms with E-state index in [-0.39, 0.29) is 0 Å². The number of anilines is 1. The van der Waals surface area contributed by atoms with E-state index in [1.807, 2.05) is 6.07 Å². The predicted molar refractivity (Wildman–Crippen MR) is 76.5 cm³/mol. The molecular weight excluding hydrogens is 236 g/mol. The van der Waals surface area contributed by atoms with E-state index in [4.69, 9.17) is 4.42 Å². The zero-order chi connectivity index (χ0) is 12.7. The van der Waals surface area contributed by atoms with Gasteiger partial charge in [-0.25, -0.2) is 0 Å². The molecule has 4 rings (SSSR count). The molecule has 0 radical (unpaired) electrons. The molecule has 1 aromatic carbocycles. The lowest BCUT2D eigenvalue weighted by Gasteiger charge is -2.26. The van der Waals surface area contributed by atoms with Gasteiger partial charge in [0.2, 0.25) is 0 Å². The molecular formula is C16H18N2O. The van der Waals surface area contributed by atoms with Crippen molar-refractivity contribution in [3.8, 4) is 11.3 Å². The van der Waals surface area contributed by atoms with E-state index in [1.54, 1.807) is 6.26 Å². The summed E-state index contributed by atoms with van der Waals surface area (Å²) < 4.78 is 5.61. The van der Waals surface area contributed by atoms with Crippen molar-refractivity contribution >= 4 is 5.69 Å². The van der Waals surface area contributed by atoms with Gasteiger partial charge < -0.3 is 14.6 Å². The van der Waals surface area contributed by atoms with Crippen LogP contribution in [0.25, 0.3) is 11.3 Å². The lowest BCUT2D eigenvalue weighted by Crippen LogP contribution is -2.33. The monoisotopic (exact) mass is 254 g/mol. The first-order valence-electron chi connectivity index (χ1n) is 7.06. The van der Waals surface area contributed by atoms with Gasteiger partial charge in [0.15, 0.2) is 0 Å². The van der Waals surface area contributed by atoms with Crippen molar-refractivity contribution in [1.82, 2.24) is 5.32 Å². The molecule has 1 atom stereocenters. The first-order chi connectivity index (χ1) is 9.43. The Balaban J connectivity index is 1.83. The number of hydrogen-bond acceptors (Lipinski definition) is 3. The normalized spacial score (nSPS) is 21.9. The fraction of sp³-hybridized carbons (Fsp3) is 0.375. The lowest BCUT2D eigenvalue weighted by atomic mass is 10.0. The van der Waals surface area contributed by atoms with Crippen molar-refractivity contribution < 1.29 is 4.42 Å². The summed E-state index contributed by atoms with van der Waals surface area (Å²) in [7, 11) is 0. The van der Waals surface area contributed by atoms with Crippen LogP contribution < -0.4 is 10.2 Å². The van der Waals surface area contributed by atoms with Crippen molar-refractivity contribution in [2.24, 2.45) is 0 Å². The second kappa shape index (κ2) is 4.42. The van der Waals surface area contributed by atoms with Crippen LogP contribution in [0.5, 0.6) is 0 Å². The third-order valence-electron chi connectivity index (χ3n) is 4.27. The maximum Gasteiger partial charge on any atom is 0.135 e. The van der Waals surface area contributed by atoms with Gasteiger partial charge in [-0.15, -0.1) is 0 Å². The molecule has 2 aromatic rings. The van der Waals surface area contributed by atoms with Crippen LogP contribution in [-0.4, -0.2) is 25.7 Å². The molecule has 0 aliphatic carbocycles. The molecule has 0 spiro atoms. The van der Waals surface area contributed by atoms with E-state index >= 15 is 0 Å². The van der Waals surface area contributed by atoms with Crippen LogP contribution >= 0.6 is 0 Å². The number of fused-ring (bicyclic) bond motifs is 3. The highest BCUT2D eigenvalue weighted by Crippen LogP contribution is 2.41. The number of nitrogens with one attached hydrogen (secondary N) is 1. The minimum atomic E-state index is 0.654. The fourth-order valence-electron chi connectivity index (χ4n) is 3.42. The van der Waals surface area contributed by atoms with Gasteiger partial charge in [-0.1, -0.05) is 12.1 Å². The summed E-state index contributed by atoms with van der Waals surface area (Å²) in [6, 6.07) is 11.3. The number of rotatable bonds is 1. The van der Waals surface area contributed by atoms with E-state index in [0.29, 0.717) is 6.04 Å². The van der Waals surface area contributed by atoms with Crippen LogP contribution in [0, 0.1) is 0 Å². The molecule has 1 unspecified atom stereocenters. The van der Waals surface area contributed by atoms with E-state index < -0.39 is 0 Å². The SMILES string of the molecule is c1coc(-c2cccc3c2N2CCNCCC2C3)c1. The molecule has 1 fully saturated rings. The standard InChI is InChI=1S/C16H18N2O/c1-3-12-11-13-6-7-17-8-9-18(13)16(12)14(4-1)15-5-2-10-19-15/h1-5,10,13,17H,6-9,11H2. The molecule has 3 heteroatoms. The molecule has 3 nitrogen and oxygen atoms in total. The molecule has 98 valence electrons. The number of benzene rings is 1. The molecule has 1 N–H and O–H groups in total. The maximum absolute atomic E-state index is 5.61. The molecule has 1 saturated heterocycles. The molecule has 0 saturated carbocycles. The van der Waals surface area contributed by atoms with Crippen LogP contribution in [0.2, 0.25) is 0 Å². The molecule has 0 amide bonds. The first-order valence-corrected chi connectivity index (χ1v) is 7.06. The predicted octanol–water partition coefficient (Wildman–Crippen LogP) is 2.67. The topological polar surface area (TPSA) is 28.4 Å². The summed E-state index contributed by atoms with van der Waals surface area (Å²) in [5.74, 6) is 0.981. The number of nitrogens with zero attached hydrogens (tertiary/aromatic N) is 1. The van der Waals surface area contributed by atoms with Crippen molar-refractivity contribution in [3.05, 3.63) is 42.2 Å². The number of para-hydroxylation sites is 1. The zero-order valence-corrected chi connectivity index (χ0v) is 10.9. The van der Waals surface area contributed by atoms with Gasteiger partial charge in [-0.05, 0) is 43.1 Å². The smallest absolute Gasteiger partial charge is 0.135 e. The van der Waals surface area contributed by atoms with Crippen molar-refractivity contribution in [2.45, 2.75) is 18.9 Å². The summed E-state index contributed by atoms with van der Waals surface area (Å²) in [5, 5.41) is 3.50. The fourth-order valence-corrected chi connectivity index (χ4v) is 3.42. The Morgan fingerprint density at radius 3 is 3.05 bits per heavy atom. The summed E-state index contributed by atoms with van der Waals surface area (Å²) in [6.45, 7) is 3.29. The minimum Gasteiger partial charge on any atom is -0.464 e. The largest absolute Gasteiger partial charge is 0.464 e. The third-order valence-corrected chi connectivity index (χ3v) is 4.27. The Labute approximate surface area is 113 Å². The highest BCUT2D eigenvalue weighted by Gasteiger charge is 2.32. The van der Waals surface area contributed by atoms with Crippen molar-refractivity contribution in [1.29, 1.82) is 0 Å². The van der Waals surface area contributed by atoms with Gasteiger partial charge in [0, 0.05) is 24.7 Å². The highest BCUT2D eigenvalue weighted by molar-refractivity contribution is 5.80. The van der Waals surface area contributed by atoms with Gasteiger partial charge in [0.05, 0.1) is 12.0 Å². The summed E-state index contributed by atoms with van der Waals surface area (Å²) >= 11 is 0. The second-order valence-corrected chi connectivity index (χ2v) is 5.38. The van der Waals surface area contributed by atoms with Crippen LogP contribution in [0.3, 0.4) is 0 Å². The molecule has 19 heavy (non-hydrogen) atoms. The Bertz CT molecular complexity index is 576.